The SMILES string of the molecule is CC(C)Nc1nc(Nc2ccc(C#N)cc2)nc(-c2ccccc2)n1. The van der Waals surface area contributed by atoms with E-state index in [2.05, 4.69) is 31.7 Å². The van der Waals surface area contributed by atoms with Crippen molar-refractivity contribution >= 4 is 17.6 Å². The first kappa shape index (κ1) is 16.4. The van der Waals surface area contributed by atoms with Crippen molar-refractivity contribution in [2.75, 3.05) is 10.6 Å². The molecule has 2 aromatic carbocycles. The molecule has 0 bridgehead atoms. The summed E-state index contributed by atoms with van der Waals surface area (Å²) in [6, 6.07) is 19.2. The third-order valence-corrected chi connectivity index (χ3v) is 3.36. The molecule has 0 atom stereocenters. The average Bonchev–Trinajstić information content (AvgIpc) is 2.62. The molecule has 0 aliphatic heterocycles. The van der Waals surface area contributed by atoms with E-state index in [9.17, 15) is 0 Å². The van der Waals surface area contributed by atoms with Gasteiger partial charge in [-0.15, -0.1) is 0 Å². The first-order valence-electron chi connectivity index (χ1n) is 7.99. The lowest BCUT2D eigenvalue weighted by molar-refractivity contribution is 0.869. The van der Waals surface area contributed by atoms with Crippen LogP contribution in [0.4, 0.5) is 17.6 Å². The maximum atomic E-state index is 8.89. The fraction of sp³-hybridized carbons (Fsp3) is 0.158. The van der Waals surface area contributed by atoms with Gasteiger partial charge in [-0.2, -0.15) is 20.2 Å². The van der Waals surface area contributed by atoms with Crippen LogP contribution >= 0.6 is 0 Å². The van der Waals surface area contributed by atoms with Gasteiger partial charge in [-0.3, -0.25) is 0 Å². The van der Waals surface area contributed by atoms with E-state index in [4.69, 9.17) is 5.26 Å². The molecule has 6 nitrogen and oxygen atoms in total. The minimum absolute atomic E-state index is 0.203. The number of hydrogen-bond acceptors (Lipinski definition) is 6. The van der Waals surface area contributed by atoms with Gasteiger partial charge in [0.15, 0.2) is 5.82 Å². The largest absolute Gasteiger partial charge is 0.352 e. The van der Waals surface area contributed by atoms with E-state index in [0.717, 1.165) is 11.3 Å². The molecule has 0 fully saturated rings. The van der Waals surface area contributed by atoms with Gasteiger partial charge in [-0.1, -0.05) is 30.3 Å². The van der Waals surface area contributed by atoms with E-state index >= 15 is 0 Å². The maximum absolute atomic E-state index is 8.89. The quantitative estimate of drug-likeness (QED) is 0.736. The van der Waals surface area contributed by atoms with Gasteiger partial charge in [0, 0.05) is 17.3 Å². The fourth-order valence-corrected chi connectivity index (χ4v) is 2.23. The van der Waals surface area contributed by atoms with Crippen LogP contribution in [0.15, 0.2) is 54.6 Å². The summed E-state index contributed by atoms with van der Waals surface area (Å²) in [6.07, 6.45) is 0. The van der Waals surface area contributed by atoms with Gasteiger partial charge in [-0.25, -0.2) is 0 Å². The Balaban J connectivity index is 1.95. The summed E-state index contributed by atoms with van der Waals surface area (Å²) in [5.41, 5.74) is 2.33. The van der Waals surface area contributed by atoms with Crippen LogP contribution in [0.3, 0.4) is 0 Å². The summed E-state index contributed by atoms with van der Waals surface area (Å²) in [7, 11) is 0. The predicted molar refractivity (Wildman–Crippen MR) is 98.5 cm³/mol. The van der Waals surface area contributed by atoms with Crippen molar-refractivity contribution in [3.63, 3.8) is 0 Å². The Morgan fingerprint density at radius 2 is 1.56 bits per heavy atom. The Morgan fingerprint density at radius 3 is 2.20 bits per heavy atom. The number of benzene rings is 2. The number of nitrogens with zero attached hydrogens (tertiary/aromatic N) is 4. The van der Waals surface area contributed by atoms with Crippen LogP contribution in [-0.2, 0) is 0 Å². The third kappa shape index (κ3) is 4.30. The highest BCUT2D eigenvalue weighted by Crippen LogP contribution is 2.20. The second-order valence-electron chi connectivity index (χ2n) is 5.79. The summed E-state index contributed by atoms with van der Waals surface area (Å²) < 4.78 is 0. The highest BCUT2D eigenvalue weighted by atomic mass is 15.2. The van der Waals surface area contributed by atoms with E-state index < -0.39 is 0 Å². The van der Waals surface area contributed by atoms with Gasteiger partial charge >= 0.3 is 0 Å². The monoisotopic (exact) mass is 330 g/mol. The Labute approximate surface area is 146 Å². The van der Waals surface area contributed by atoms with E-state index in [0.29, 0.717) is 23.3 Å². The van der Waals surface area contributed by atoms with Crippen molar-refractivity contribution in [2.45, 2.75) is 19.9 Å². The highest BCUT2D eigenvalue weighted by molar-refractivity contribution is 5.61. The first-order valence-corrected chi connectivity index (χ1v) is 7.99. The number of rotatable bonds is 5. The van der Waals surface area contributed by atoms with Gasteiger partial charge in [0.2, 0.25) is 11.9 Å². The normalized spacial score (nSPS) is 10.3. The van der Waals surface area contributed by atoms with E-state index in [1.54, 1.807) is 12.1 Å². The van der Waals surface area contributed by atoms with Gasteiger partial charge < -0.3 is 10.6 Å². The Bertz CT molecular complexity index is 882. The zero-order valence-corrected chi connectivity index (χ0v) is 14.1. The molecular weight excluding hydrogens is 312 g/mol. The number of anilines is 3. The molecule has 0 unspecified atom stereocenters. The summed E-state index contributed by atoms with van der Waals surface area (Å²) >= 11 is 0. The molecule has 0 radical (unpaired) electrons. The zero-order chi connectivity index (χ0) is 17.6. The number of aromatic nitrogens is 3. The maximum Gasteiger partial charge on any atom is 0.232 e. The van der Waals surface area contributed by atoms with Gasteiger partial charge in [0.25, 0.3) is 0 Å². The van der Waals surface area contributed by atoms with E-state index in [1.807, 2.05) is 56.3 Å². The van der Waals surface area contributed by atoms with Crippen LogP contribution in [0.2, 0.25) is 0 Å². The van der Waals surface area contributed by atoms with Crippen LogP contribution < -0.4 is 10.6 Å². The van der Waals surface area contributed by atoms with E-state index in [-0.39, 0.29) is 6.04 Å². The third-order valence-electron chi connectivity index (χ3n) is 3.36. The van der Waals surface area contributed by atoms with Crippen molar-refractivity contribution in [2.24, 2.45) is 0 Å². The van der Waals surface area contributed by atoms with Gasteiger partial charge in [0.05, 0.1) is 11.6 Å². The summed E-state index contributed by atoms with van der Waals surface area (Å²) in [5, 5.41) is 15.3. The molecule has 25 heavy (non-hydrogen) atoms. The van der Waals surface area contributed by atoms with Crippen molar-refractivity contribution in [1.29, 1.82) is 5.26 Å². The molecule has 0 amide bonds. The lowest BCUT2D eigenvalue weighted by Crippen LogP contribution is -2.14. The fourth-order valence-electron chi connectivity index (χ4n) is 2.23. The minimum atomic E-state index is 0.203. The number of nitrogens with one attached hydrogen (secondary N) is 2. The van der Waals surface area contributed by atoms with Gasteiger partial charge in [-0.05, 0) is 38.1 Å². The van der Waals surface area contributed by atoms with Crippen molar-refractivity contribution in [3.05, 3.63) is 60.2 Å². The standard InChI is InChI=1S/C19H18N6/c1-13(2)21-18-23-17(15-6-4-3-5-7-15)24-19(25-18)22-16-10-8-14(12-20)9-11-16/h3-11,13H,1-2H3,(H2,21,22,23,24,25). The average molecular weight is 330 g/mol. The van der Waals surface area contributed by atoms with Crippen molar-refractivity contribution in [1.82, 2.24) is 15.0 Å². The predicted octanol–water partition coefficient (Wildman–Crippen LogP) is 3.97. The molecule has 124 valence electrons. The zero-order valence-electron chi connectivity index (χ0n) is 14.1. The molecule has 1 aromatic heterocycles. The topological polar surface area (TPSA) is 86.5 Å². The molecular formula is C19H18N6. The molecule has 0 saturated carbocycles. The second-order valence-corrected chi connectivity index (χ2v) is 5.79. The Kier molecular flexibility index (Phi) is 4.86. The molecule has 3 rings (SSSR count). The first-order chi connectivity index (χ1) is 12.1. The van der Waals surface area contributed by atoms with E-state index in [1.165, 1.54) is 0 Å². The molecule has 0 saturated heterocycles. The smallest absolute Gasteiger partial charge is 0.232 e. The van der Waals surface area contributed by atoms with Crippen molar-refractivity contribution in [3.8, 4) is 17.5 Å². The summed E-state index contributed by atoms with van der Waals surface area (Å²) in [5.74, 6) is 1.55. The van der Waals surface area contributed by atoms with Crippen LogP contribution in [0.5, 0.6) is 0 Å². The van der Waals surface area contributed by atoms with Crippen LogP contribution in [-0.4, -0.2) is 21.0 Å². The minimum Gasteiger partial charge on any atom is -0.352 e. The highest BCUT2D eigenvalue weighted by Gasteiger charge is 2.09. The molecule has 2 N–H and O–H groups in total. The Hall–Kier alpha value is -3.46. The number of nitriles is 1. The molecule has 6 heteroatoms. The second kappa shape index (κ2) is 7.41. The molecule has 1 heterocycles. The summed E-state index contributed by atoms with van der Waals surface area (Å²) in [6.45, 7) is 4.05. The van der Waals surface area contributed by atoms with Crippen LogP contribution in [0.25, 0.3) is 11.4 Å². The summed E-state index contributed by atoms with van der Waals surface area (Å²) in [4.78, 5) is 13.4. The van der Waals surface area contributed by atoms with Crippen LogP contribution in [0.1, 0.15) is 19.4 Å². The van der Waals surface area contributed by atoms with Crippen molar-refractivity contribution < 1.29 is 0 Å². The van der Waals surface area contributed by atoms with Gasteiger partial charge in [0.1, 0.15) is 0 Å². The molecule has 0 spiro atoms. The van der Waals surface area contributed by atoms with Crippen LogP contribution in [0, 0.1) is 11.3 Å². The lowest BCUT2D eigenvalue weighted by Gasteiger charge is -2.12. The number of hydrogen-bond donors (Lipinski definition) is 2. The lowest BCUT2D eigenvalue weighted by atomic mass is 10.2. The molecule has 0 aliphatic carbocycles. The Morgan fingerprint density at radius 1 is 0.880 bits per heavy atom. The molecule has 3 aromatic rings. The molecule has 0 aliphatic rings.